The molecule has 4 aromatic rings. The van der Waals surface area contributed by atoms with Crippen LogP contribution >= 0.6 is 0 Å². The van der Waals surface area contributed by atoms with Gasteiger partial charge in [0, 0.05) is 16.5 Å². The van der Waals surface area contributed by atoms with E-state index in [2.05, 4.69) is 0 Å². The van der Waals surface area contributed by atoms with E-state index < -0.39 is 29.9 Å². The van der Waals surface area contributed by atoms with Gasteiger partial charge in [0.05, 0.1) is 11.1 Å². The van der Waals surface area contributed by atoms with Gasteiger partial charge in [0.25, 0.3) is 0 Å². The molecule has 6 nitrogen and oxygen atoms in total. The molecule has 0 aliphatic carbocycles. The van der Waals surface area contributed by atoms with Crippen molar-refractivity contribution in [3.63, 3.8) is 0 Å². The molecule has 0 bridgehead atoms. The third-order valence-corrected chi connectivity index (χ3v) is 6.05. The quantitative estimate of drug-likeness (QED) is 0.167. The zero-order valence-corrected chi connectivity index (χ0v) is 20.2. The molecule has 0 aromatic heterocycles. The van der Waals surface area contributed by atoms with Crippen LogP contribution in [0.2, 0.25) is 0 Å². The molecule has 0 N–H and O–H groups in total. The van der Waals surface area contributed by atoms with Gasteiger partial charge in [0.1, 0.15) is 26.8 Å². The first-order valence-electron chi connectivity index (χ1n) is 12.4. The molecule has 0 aliphatic heterocycles. The minimum Gasteiger partial charge on any atom is -0.423 e. The van der Waals surface area contributed by atoms with E-state index in [1.807, 2.05) is 38.1 Å². The van der Waals surface area contributed by atoms with E-state index in [9.17, 15) is 19.2 Å². The van der Waals surface area contributed by atoms with Gasteiger partial charge in [-0.2, -0.15) is 0 Å². The molecule has 0 saturated carbocycles. The Morgan fingerprint density at radius 2 is 0.919 bits per heavy atom. The van der Waals surface area contributed by atoms with Crippen molar-refractivity contribution in [3.8, 4) is 11.5 Å². The Bertz CT molecular complexity index is 1410. The summed E-state index contributed by atoms with van der Waals surface area (Å²) in [7, 11) is 0. The Morgan fingerprint density at radius 3 is 1.22 bits per heavy atom. The number of hydrogen-bond acceptors (Lipinski definition) is 6. The van der Waals surface area contributed by atoms with Gasteiger partial charge in [-0.05, 0) is 59.7 Å². The van der Waals surface area contributed by atoms with Crippen LogP contribution in [0.15, 0.2) is 97.1 Å². The largest absolute Gasteiger partial charge is 0.423 e. The van der Waals surface area contributed by atoms with Gasteiger partial charge in [-0.3, -0.25) is 9.59 Å². The van der Waals surface area contributed by atoms with Gasteiger partial charge in [0.2, 0.25) is 0 Å². The van der Waals surface area contributed by atoms with E-state index in [0.717, 1.165) is 11.1 Å². The molecule has 0 saturated heterocycles. The number of carbonyl (C=O) groups excluding carboxylic acids is 4. The van der Waals surface area contributed by atoms with Crippen LogP contribution in [0.25, 0.3) is 0 Å². The molecule has 0 spiro atoms. The third-order valence-electron chi connectivity index (χ3n) is 6.05. The Hall–Kier alpha value is -4.84. The van der Waals surface area contributed by atoms with Crippen LogP contribution < -0.4 is 9.47 Å². The summed E-state index contributed by atoms with van der Waals surface area (Å²) < 4.78 is 25.1. The lowest BCUT2D eigenvalue weighted by Gasteiger charge is -2.26. The Balaban J connectivity index is 1.40. The Labute approximate surface area is 217 Å². The van der Waals surface area contributed by atoms with Crippen LogP contribution in [0.4, 0.5) is 0 Å². The second-order valence-electron chi connectivity index (χ2n) is 8.81. The van der Waals surface area contributed by atoms with Crippen LogP contribution in [-0.4, -0.2) is 24.5 Å². The smallest absolute Gasteiger partial charge is 0.343 e. The summed E-state index contributed by atoms with van der Waals surface area (Å²) in [6, 6.07) is 25.7. The van der Waals surface area contributed by atoms with Gasteiger partial charge >= 0.3 is 11.9 Å². The average Bonchev–Trinajstić information content (AvgIpc) is 2.93. The van der Waals surface area contributed by atoms with Crippen molar-refractivity contribution in [2.75, 3.05) is 0 Å². The van der Waals surface area contributed by atoms with E-state index >= 15 is 0 Å². The second-order valence-corrected chi connectivity index (χ2v) is 8.81. The summed E-state index contributed by atoms with van der Waals surface area (Å²) in [6.45, 7) is 4.08. The normalized spacial score (nSPS) is 11.6. The minimum absolute atomic E-state index is 0.193. The molecule has 0 heterocycles. The molecule has 0 amide bonds. The van der Waals surface area contributed by atoms with Crippen LogP contribution in [0.5, 0.6) is 11.5 Å². The van der Waals surface area contributed by atoms with Gasteiger partial charge < -0.3 is 9.47 Å². The highest BCUT2D eigenvalue weighted by Gasteiger charge is 2.23. The van der Waals surface area contributed by atoms with Crippen LogP contribution in [0, 0.1) is 0 Å². The number of hydrogen-bond donors (Lipinski definition) is 0. The number of benzene rings is 4. The molecule has 184 valence electrons. The molecular weight excluding hydrogens is 468 g/mol. The first-order valence-corrected chi connectivity index (χ1v) is 11.4. The van der Waals surface area contributed by atoms with Crippen molar-refractivity contribution in [2.45, 2.75) is 19.3 Å². The standard InChI is InChI=1S/C31H24O6/c1-31(2,25-11-15-27(16-12-25)36-29(34)23-7-3-21(19-32)4-8-23)26-13-17-28(18-14-26)37-30(35)24-9-5-22(20-33)6-10-24/h3-20H,1-2H3/i19T,20T. The maximum atomic E-state index is 12.4. The maximum Gasteiger partial charge on any atom is 0.343 e. The molecule has 0 aliphatic rings. The van der Waals surface area contributed by atoms with E-state index in [4.69, 9.17) is 12.2 Å². The highest BCUT2D eigenvalue weighted by atomic mass is 16.5. The maximum absolute atomic E-state index is 12.4. The predicted octanol–water partition coefficient (Wildman–Crippen LogP) is 6.08. The lowest BCUT2D eigenvalue weighted by atomic mass is 9.78. The SMILES string of the molecule is [3H]C(=O)c1ccc(C(=O)Oc2ccc(C(C)(C)c3ccc(OC(=O)c4ccc(C([3H])=O)cc4)cc3)cc2)cc1. The van der Waals surface area contributed by atoms with Crippen LogP contribution in [0.1, 0.15) is 69.1 Å². The molecule has 4 rings (SSSR count). The third kappa shape index (κ3) is 5.87. The fraction of sp³-hybridized carbons (Fsp3) is 0.0968. The van der Waals surface area contributed by atoms with E-state index in [1.165, 1.54) is 48.5 Å². The van der Waals surface area contributed by atoms with Crippen LogP contribution in [-0.2, 0) is 5.41 Å². The highest BCUT2D eigenvalue weighted by molar-refractivity contribution is 5.92. The van der Waals surface area contributed by atoms with Crippen molar-refractivity contribution >= 4 is 24.5 Å². The zero-order valence-electron chi connectivity index (χ0n) is 22.2. The summed E-state index contributed by atoms with van der Waals surface area (Å²) in [5.74, 6) is -0.418. The molecular formula is C31H24O6. The number of carbonyl (C=O) groups is 4. The van der Waals surface area contributed by atoms with Crippen molar-refractivity contribution in [1.82, 2.24) is 0 Å². The monoisotopic (exact) mass is 496 g/mol. The number of ether oxygens (including phenoxy) is 2. The molecule has 0 unspecified atom stereocenters. The summed E-state index contributed by atoms with van der Waals surface area (Å²) in [4.78, 5) is 47.0. The van der Waals surface area contributed by atoms with Crippen molar-refractivity contribution < 1.29 is 31.4 Å². The van der Waals surface area contributed by atoms with Crippen molar-refractivity contribution in [2.24, 2.45) is 0 Å². The molecule has 37 heavy (non-hydrogen) atoms. The summed E-state index contributed by atoms with van der Waals surface area (Å²) >= 11 is 0. The Kier molecular flexibility index (Phi) is 6.62. The Morgan fingerprint density at radius 1 is 0.595 bits per heavy atom. The summed E-state index contributed by atoms with van der Waals surface area (Å²) in [5, 5.41) is 0. The first kappa shape index (κ1) is 22.6. The van der Waals surface area contributed by atoms with E-state index in [1.54, 1.807) is 24.3 Å². The molecule has 4 aromatic carbocycles. The van der Waals surface area contributed by atoms with Gasteiger partial charge in [-0.1, -0.05) is 62.4 Å². The minimum atomic E-state index is -0.824. The fourth-order valence-corrected chi connectivity index (χ4v) is 3.73. The molecule has 0 radical (unpaired) electrons. The summed E-state index contributed by atoms with van der Waals surface area (Å²) in [6.07, 6.45) is -1.65. The zero-order chi connectivity index (χ0) is 28.2. The van der Waals surface area contributed by atoms with E-state index in [0.29, 0.717) is 11.5 Å². The van der Waals surface area contributed by atoms with Crippen molar-refractivity contribution in [1.29, 1.82) is 0 Å². The lowest BCUT2D eigenvalue weighted by Crippen LogP contribution is -2.19. The van der Waals surface area contributed by atoms with Gasteiger partial charge in [0.15, 0.2) is 0 Å². The first-order chi connectivity index (χ1) is 18.5. The molecule has 0 atom stereocenters. The number of esters is 2. The van der Waals surface area contributed by atoms with E-state index in [-0.39, 0.29) is 22.3 Å². The number of aldehydes is 2. The topological polar surface area (TPSA) is 86.7 Å². The van der Waals surface area contributed by atoms with Crippen LogP contribution in [0.3, 0.4) is 0 Å². The summed E-state index contributed by atoms with van der Waals surface area (Å²) in [5.41, 5.74) is 2.44. The fourth-order valence-electron chi connectivity index (χ4n) is 3.73. The highest BCUT2D eigenvalue weighted by Crippen LogP contribution is 2.33. The number of rotatable bonds is 8. The average molecular weight is 497 g/mol. The lowest BCUT2D eigenvalue weighted by molar-refractivity contribution is 0.0725. The molecule has 6 heteroatoms. The van der Waals surface area contributed by atoms with Gasteiger partial charge in [-0.15, -0.1) is 0 Å². The molecule has 0 fully saturated rings. The second kappa shape index (κ2) is 10.8. The van der Waals surface area contributed by atoms with Crippen molar-refractivity contribution in [3.05, 3.63) is 130 Å². The predicted molar refractivity (Wildman–Crippen MR) is 139 cm³/mol. The van der Waals surface area contributed by atoms with Gasteiger partial charge in [-0.25, -0.2) is 9.59 Å².